The van der Waals surface area contributed by atoms with E-state index in [0.717, 1.165) is 4.57 Å². The van der Waals surface area contributed by atoms with Crippen LogP contribution in [0.1, 0.15) is 58.5 Å². The van der Waals surface area contributed by atoms with Gasteiger partial charge in [-0.15, -0.1) is 0 Å². The predicted molar refractivity (Wildman–Crippen MR) is 116 cm³/mol. The lowest BCUT2D eigenvalue weighted by Gasteiger charge is -2.38. The number of methoxy groups -OCH3 is 2. The number of fused-ring (bicyclic) bond motifs is 2. The molecule has 0 radical (unpaired) electrons. The van der Waals surface area contributed by atoms with Crippen LogP contribution in [0.4, 0.5) is 0 Å². The van der Waals surface area contributed by atoms with Crippen molar-refractivity contribution in [2.45, 2.75) is 58.5 Å². The number of esters is 2. The van der Waals surface area contributed by atoms with Gasteiger partial charge in [-0.1, -0.05) is 13.8 Å². The molecular weight excluding hydrogens is 430 g/mol. The van der Waals surface area contributed by atoms with E-state index in [1.54, 1.807) is 6.92 Å². The number of Topliss-reactive ketones (excluding diaryl/α,β-unsaturated/α-hetero) is 1. The van der Waals surface area contributed by atoms with E-state index in [0.29, 0.717) is 24.0 Å². The van der Waals surface area contributed by atoms with Crippen molar-refractivity contribution in [1.29, 1.82) is 0 Å². The van der Waals surface area contributed by atoms with Crippen LogP contribution in [-0.2, 0) is 30.9 Å². The zero-order chi connectivity index (χ0) is 24.4. The summed E-state index contributed by atoms with van der Waals surface area (Å²) in [7, 11) is 3.98. The Hall–Kier alpha value is -2.91. The number of ether oxygens (including phenoxy) is 2. The molecule has 10 heteroatoms. The molecule has 1 aromatic rings. The smallest absolute Gasteiger partial charge is 0.347 e. The first-order valence-electron chi connectivity index (χ1n) is 11.5. The molecule has 0 saturated heterocycles. The van der Waals surface area contributed by atoms with Crippen LogP contribution >= 0.6 is 0 Å². The van der Waals surface area contributed by atoms with Crippen molar-refractivity contribution in [1.82, 2.24) is 13.9 Å². The second kappa shape index (κ2) is 7.85. The quantitative estimate of drug-likeness (QED) is 0.617. The molecule has 2 heterocycles. The molecule has 1 aromatic heterocycles. The monoisotopic (exact) mass is 461 g/mol. The minimum atomic E-state index is -0.875. The van der Waals surface area contributed by atoms with E-state index in [4.69, 9.17) is 9.47 Å². The summed E-state index contributed by atoms with van der Waals surface area (Å²) in [5.74, 6) is -3.03. The highest BCUT2D eigenvalue weighted by Crippen LogP contribution is 2.61. The molecule has 33 heavy (non-hydrogen) atoms. The van der Waals surface area contributed by atoms with E-state index in [1.807, 2.05) is 13.8 Å². The number of carbonyl (C=O) groups is 3. The van der Waals surface area contributed by atoms with Crippen LogP contribution in [0.2, 0.25) is 0 Å². The van der Waals surface area contributed by atoms with Crippen molar-refractivity contribution in [2.75, 3.05) is 14.2 Å². The van der Waals surface area contributed by atoms with Crippen molar-refractivity contribution in [3.8, 4) is 0 Å². The normalized spacial score (nSPS) is 29.9. The fourth-order valence-corrected chi connectivity index (χ4v) is 6.68. The highest BCUT2D eigenvalue weighted by Gasteiger charge is 2.62. The maximum absolute atomic E-state index is 14.0. The van der Waals surface area contributed by atoms with Crippen LogP contribution < -0.4 is 11.4 Å². The molecule has 2 unspecified atom stereocenters. The van der Waals surface area contributed by atoms with Gasteiger partial charge in [0.15, 0.2) is 5.78 Å². The van der Waals surface area contributed by atoms with Gasteiger partial charge in [0.05, 0.1) is 38.1 Å². The molecule has 1 fully saturated rings. The van der Waals surface area contributed by atoms with Gasteiger partial charge in [0.1, 0.15) is 0 Å². The van der Waals surface area contributed by atoms with Gasteiger partial charge in [-0.05, 0) is 38.2 Å². The summed E-state index contributed by atoms with van der Waals surface area (Å²) in [6.45, 7) is 5.58. The summed E-state index contributed by atoms with van der Waals surface area (Å²) in [6.07, 6.45) is 1.27. The summed E-state index contributed by atoms with van der Waals surface area (Å²) < 4.78 is 13.9. The van der Waals surface area contributed by atoms with Gasteiger partial charge in [0.25, 0.3) is 0 Å². The Labute approximate surface area is 191 Å². The number of nitrogens with zero attached hydrogens (tertiary/aromatic N) is 3. The van der Waals surface area contributed by atoms with Crippen LogP contribution in [0, 0.1) is 23.2 Å². The lowest BCUT2D eigenvalue weighted by atomic mass is 9.64. The molecule has 0 N–H and O–H groups in total. The zero-order valence-electron chi connectivity index (χ0n) is 19.9. The third-order valence-electron chi connectivity index (χ3n) is 8.32. The van der Waals surface area contributed by atoms with E-state index < -0.39 is 58.6 Å². The van der Waals surface area contributed by atoms with Gasteiger partial charge < -0.3 is 9.47 Å². The summed E-state index contributed by atoms with van der Waals surface area (Å²) in [6, 6.07) is -1.37. The Balaban J connectivity index is 2.08. The molecule has 0 aromatic carbocycles. The van der Waals surface area contributed by atoms with E-state index in [1.165, 1.54) is 30.6 Å². The fraction of sp³-hybridized carbons (Fsp3) is 0.696. The van der Waals surface area contributed by atoms with Crippen LogP contribution in [0.15, 0.2) is 20.7 Å². The minimum absolute atomic E-state index is 0.0788. The number of carbonyl (C=O) groups excluding carboxylic acids is 3. The number of ketones is 1. The van der Waals surface area contributed by atoms with Crippen molar-refractivity contribution in [3.05, 3.63) is 32.1 Å². The van der Waals surface area contributed by atoms with Gasteiger partial charge in [-0.25, -0.2) is 23.5 Å². The van der Waals surface area contributed by atoms with Crippen molar-refractivity contribution in [3.63, 3.8) is 0 Å². The van der Waals surface area contributed by atoms with Crippen LogP contribution in [0.3, 0.4) is 0 Å². The molecule has 0 bridgehead atoms. The number of hydrogen-bond acceptors (Lipinski definition) is 7. The van der Waals surface area contributed by atoms with Crippen LogP contribution in [-0.4, -0.2) is 45.9 Å². The molecular formula is C23H31N3O7. The molecule has 0 spiro atoms. The van der Waals surface area contributed by atoms with Gasteiger partial charge in [-0.2, -0.15) is 0 Å². The highest BCUT2D eigenvalue weighted by atomic mass is 16.5. The molecule has 1 saturated carbocycles. The summed E-state index contributed by atoms with van der Waals surface area (Å²) in [5.41, 5.74) is -0.719. The number of hydrogen-bond donors (Lipinski definition) is 0. The first-order chi connectivity index (χ1) is 15.6. The number of rotatable bonds is 4. The first-order valence-corrected chi connectivity index (χ1v) is 11.5. The Bertz CT molecular complexity index is 1180. The van der Waals surface area contributed by atoms with Crippen LogP contribution in [0.5, 0.6) is 0 Å². The molecule has 4 rings (SSSR count). The molecule has 1 aliphatic heterocycles. The predicted octanol–water partition coefficient (Wildman–Crippen LogP) is 1.14. The third-order valence-corrected chi connectivity index (χ3v) is 8.32. The van der Waals surface area contributed by atoms with E-state index >= 15 is 0 Å². The molecule has 5 atom stereocenters. The maximum Gasteiger partial charge on any atom is 0.347 e. The fourth-order valence-electron chi connectivity index (χ4n) is 6.68. The molecule has 180 valence electrons. The Morgan fingerprint density at radius 3 is 2.09 bits per heavy atom. The van der Waals surface area contributed by atoms with Crippen molar-refractivity contribution >= 4 is 17.7 Å². The van der Waals surface area contributed by atoms with Crippen LogP contribution in [0.25, 0.3) is 0 Å². The molecule has 0 amide bonds. The van der Waals surface area contributed by atoms with Gasteiger partial charge in [0, 0.05) is 24.0 Å². The third kappa shape index (κ3) is 2.81. The summed E-state index contributed by atoms with van der Waals surface area (Å²) in [4.78, 5) is 66.0. The van der Waals surface area contributed by atoms with Gasteiger partial charge in [0.2, 0.25) is 0 Å². The number of aromatic nitrogens is 3. The highest BCUT2D eigenvalue weighted by molar-refractivity contribution is 6.05. The lowest BCUT2D eigenvalue weighted by Crippen LogP contribution is -2.41. The largest absolute Gasteiger partial charge is 0.469 e. The molecule has 10 nitrogen and oxygen atoms in total. The average molecular weight is 462 g/mol. The Morgan fingerprint density at radius 2 is 1.55 bits per heavy atom. The van der Waals surface area contributed by atoms with E-state index in [2.05, 4.69) is 0 Å². The molecule has 3 aliphatic rings. The maximum atomic E-state index is 14.0. The molecule has 2 aliphatic carbocycles. The van der Waals surface area contributed by atoms with Gasteiger partial charge >= 0.3 is 23.3 Å². The van der Waals surface area contributed by atoms with Gasteiger partial charge in [-0.3, -0.25) is 14.4 Å². The Kier molecular flexibility index (Phi) is 5.53. The van der Waals surface area contributed by atoms with Crippen molar-refractivity contribution in [2.24, 2.45) is 30.2 Å². The Morgan fingerprint density at radius 1 is 0.970 bits per heavy atom. The summed E-state index contributed by atoms with van der Waals surface area (Å²) >= 11 is 0. The SMILES string of the molecule is CCC1(CC)C(=O)C2=C3C1[C@H](C(=O)OC)CC(C(=O)OC)C[C@H]3n1c(=O)n(C)c(=O)n1[C@H]2C. The van der Waals surface area contributed by atoms with Crippen molar-refractivity contribution < 1.29 is 23.9 Å². The topological polar surface area (TPSA) is 119 Å². The van der Waals surface area contributed by atoms with E-state index in [9.17, 15) is 24.0 Å². The summed E-state index contributed by atoms with van der Waals surface area (Å²) in [5, 5.41) is 0. The van der Waals surface area contributed by atoms with E-state index in [-0.39, 0.29) is 18.6 Å². The minimum Gasteiger partial charge on any atom is -0.469 e. The first kappa shape index (κ1) is 23.3. The second-order valence-corrected chi connectivity index (χ2v) is 9.37. The number of allylic oxidation sites excluding steroid dienone is 2. The average Bonchev–Trinajstić information content (AvgIpc) is 3.11. The zero-order valence-corrected chi connectivity index (χ0v) is 19.9. The standard InChI is InChI=1S/C23H31N3O7/c1-7-23(8-2)17-13(20(29)33-6)9-12(19(28)32-5)10-14-16(17)15(18(23)27)11(3)25-21(30)24(4)22(31)26(14)25/h11-14,17H,7-10H2,1-6H3/t11-,12?,13+,14+,17?/m0/s1. The lowest BCUT2D eigenvalue weighted by molar-refractivity contribution is -0.152. The second-order valence-electron chi connectivity index (χ2n) is 9.37.